The van der Waals surface area contributed by atoms with Crippen LogP contribution >= 0.6 is 11.6 Å². The lowest BCUT2D eigenvalue weighted by Crippen LogP contribution is -2.45. The van der Waals surface area contributed by atoms with Gasteiger partial charge in [-0.1, -0.05) is 29.8 Å². The average molecular weight is 484 g/mol. The molecule has 0 spiro atoms. The summed E-state index contributed by atoms with van der Waals surface area (Å²) >= 11 is 6.10. The number of carbonyl (C=O) groups is 1. The average Bonchev–Trinajstić information content (AvgIpc) is 3.28. The number of hydrogen-bond donors (Lipinski definition) is 2. The Morgan fingerprint density at radius 2 is 1.97 bits per heavy atom. The minimum absolute atomic E-state index is 0.0355. The van der Waals surface area contributed by atoms with E-state index < -0.39 is 0 Å². The third kappa shape index (κ3) is 5.36. The Hall–Kier alpha value is -2.64. The summed E-state index contributed by atoms with van der Waals surface area (Å²) in [6.45, 7) is 4.78. The quantitative estimate of drug-likeness (QED) is 0.538. The van der Waals surface area contributed by atoms with E-state index in [-0.39, 0.29) is 17.6 Å². The highest BCUT2D eigenvalue weighted by Gasteiger charge is 2.28. The van der Waals surface area contributed by atoms with Crippen LogP contribution in [0.3, 0.4) is 0 Å². The number of amides is 1. The minimum Gasteiger partial charge on any atom is -0.356 e. The molecule has 0 radical (unpaired) electrons. The van der Waals surface area contributed by atoms with Crippen LogP contribution in [0.1, 0.15) is 31.2 Å². The highest BCUT2D eigenvalue weighted by Crippen LogP contribution is 2.26. The van der Waals surface area contributed by atoms with Crippen molar-refractivity contribution in [3.05, 3.63) is 58.9 Å². The van der Waals surface area contributed by atoms with Crippen LogP contribution in [-0.2, 0) is 11.3 Å². The molecule has 0 bridgehead atoms. The van der Waals surface area contributed by atoms with Crippen LogP contribution in [0.15, 0.2) is 42.5 Å². The van der Waals surface area contributed by atoms with Crippen LogP contribution in [0, 0.1) is 17.7 Å². The molecule has 1 atom stereocenters. The van der Waals surface area contributed by atoms with Crippen molar-refractivity contribution < 1.29 is 9.18 Å². The van der Waals surface area contributed by atoms with Crippen molar-refractivity contribution in [1.82, 2.24) is 20.2 Å². The van der Waals surface area contributed by atoms with Gasteiger partial charge >= 0.3 is 0 Å². The Morgan fingerprint density at radius 3 is 2.79 bits per heavy atom. The maximum atomic E-state index is 13.9. The number of aromatic nitrogens is 2. The molecule has 6 nitrogen and oxygen atoms in total. The maximum absolute atomic E-state index is 13.9. The monoisotopic (exact) mass is 483 g/mol. The molecule has 2 aliphatic heterocycles. The van der Waals surface area contributed by atoms with E-state index in [2.05, 4.69) is 25.1 Å². The van der Waals surface area contributed by atoms with E-state index in [1.807, 2.05) is 30.3 Å². The van der Waals surface area contributed by atoms with Gasteiger partial charge in [0.1, 0.15) is 5.82 Å². The van der Waals surface area contributed by atoms with Crippen molar-refractivity contribution in [2.24, 2.45) is 11.8 Å². The summed E-state index contributed by atoms with van der Waals surface area (Å²) in [7, 11) is 0. The van der Waals surface area contributed by atoms with Crippen LogP contribution in [0.5, 0.6) is 0 Å². The number of halogens is 2. The second kappa shape index (κ2) is 10.3. The van der Waals surface area contributed by atoms with Crippen LogP contribution < -0.4 is 10.2 Å². The molecular weight excluding hydrogens is 453 g/mol. The van der Waals surface area contributed by atoms with E-state index in [1.165, 1.54) is 6.07 Å². The van der Waals surface area contributed by atoms with Crippen LogP contribution in [0.4, 0.5) is 10.3 Å². The number of hydrogen-bond acceptors (Lipinski definition) is 4. The van der Waals surface area contributed by atoms with Gasteiger partial charge in [0.15, 0.2) is 0 Å². The van der Waals surface area contributed by atoms with Gasteiger partial charge in [0, 0.05) is 36.8 Å². The molecule has 180 valence electrons. The maximum Gasteiger partial charge on any atom is 0.224 e. The fourth-order valence-electron chi connectivity index (χ4n) is 5.11. The molecule has 3 heterocycles. The molecule has 3 aromatic rings. The van der Waals surface area contributed by atoms with Gasteiger partial charge in [-0.2, -0.15) is 0 Å². The SMILES string of the molecule is O=C(NCC1CCN(Cc2ccccc2F)CC1)C1CCCN(c2nc3ccc(Cl)cc3[nH]2)C1. The lowest BCUT2D eigenvalue weighted by Gasteiger charge is -2.34. The number of benzene rings is 2. The van der Waals surface area contributed by atoms with E-state index in [1.54, 1.807) is 6.07 Å². The molecule has 2 fully saturated rings. The van der Waals surface area contributed by atoms with Gasteiger partial charge in [-0.05, 0) is 69.0 Å². The van der Waals surface area contributed by atoms with Crippen molar-refractivity contribution in [2.75, 3.05) is 37.6 Å². The summed E-state index contributed by atoms with van der Waals surface area (Å²) < 4.78 is 13.9. The van der Waals surface area contributed by atoms with Crippen molar-refractivity contribution in [3.8, 4) is 0 Å². The topological polar surface area (TPSA) is 64.3 Å². The lowest BCUT2D eigenvalue weighted by molar-refractivity contribution is -0.125. The Bertz CT molecular complexity index is 1140. The summed E-state index contributed by atoms with van der Waals surface area (Å²) in [5, 5.41) is 3.89. The molecule has 1 aromatic heterocycles. The van der Waals surface area contributed by atoms with E-state index in [0.717, 1.165) is 67.9 Å². The second-order valence-electron chi connectivity index (χ2n) is 9.56. The molecule has 2 saturated heterocycles. The highest BCUT2D eigenvalue weighted by molar-refractivity contribution is 6.31. The van der Waals surface area contributed by atoms with Gasteiger partial charge in [0.2, 0.25) is 11.9 Å². The summed E-state index contributed by atoms with van der Waals surface area (Å²) in [6.07, 6.45) is 3.90. The Kier molecular flexibility index (Phi) is 7.02. The predicted molar refractivity (Wildman–Crippen MR) is 133 cm³/mol. The van der Waals surface area contributed by atoms with Crippen molar-refractivity contribution >= 4 is 34.5 Å². The van der Waals surface area contributed by atoms with Gasteiger partial charge in [0.05, 0.1) is 17.0 Å². The van der Waals surface area contributed by atoms with Crippen molar-refractivity contribution in [1.29, 1.82) is 0 Å². The van der Waals surface area contributed by atoms with Gasteiger partial charge in [0.25, 0.3) is 0 Å². The molecule has 0 saturated carbocycles. The lowest BCUT2D eigenvalue weighted by atomic mass is 9.94. The fraction of sp³-hybridized carbons (Fsp3) is 0.462. The molecule has 1 amide bonds. The number of carbonyl (C=O) groups excluding carboxylic acids is 1. The first-order valence-electron chi connectivity index (χ1n) is 12.2. The third-order valence-corrected chi connectivity index (χ3v) is 7.38. The number of fused-ring (bicyclic) bond motifs is 1. The molecule has 8 heteroatoms. The largest absolute Gasteiger partial charge is 0.356 e. The minimum atomic E-state index is -0.134. The number of H-pyrrole nitrogens is 1. The van der Waals surface area contributed by atoms with Crippen molar-refractivity contribution in [3.63, 3.8) is 0 Å². The standard InChI is InChI=1S/C26H31ClFN5O/c27-21-7-8-23-24(14-21)31-26(30-23)33-11-3-5-20(17-33)25(34)29-15-18-9-12-32(13-10-18)16-19-4-1-2-6-22(19)28/h1-2,4,6-8,14,18,20H,3,5,9-13,15-17H2,(H,29,34)(H,30,31). The Balaban J connectivity index is 1.09. The number of nitrogens with one attached hydrogen (secondary N) is 2. The predicted octanol–water partition coefficient (Wildman–Crippen LogP) is 4.60. The number of rotatable bonds is 6. The highest BCUT2D eigenvalue weighted by atomic mass is 35.5. The number of nitrogens with zero attached hydrogens (tertiary/aromatic N) is 3. The zero-order valence-corrected chi connectivity index (χ0v) is 20.0. The van der Waals surface area contributed by atoms with Gasteiger partial charge in [-0.15, -0.1) is 0 Å². The van der Waals surface area contributed by atoms with Gasteiger partial charge in [-0.3, -0.25) is 9.69 Å². The zero-order chi connectivity index (χ0) is 23.5. The van der Waals surface area contributed by atoms with Crippen LogP contribution in [0.25, 0.3) is 11.0 Å². The van der Waals surface area contributed by atoms with Crippen molar-refractivity contribution in [2.45, 2.75) is 32.2 Å². The molecule has 2 aromatic carbocycles. The molecule has 5 rings (SSSR count). The summed E-state index contributed by atoms with van der Waals surface area (Å²) in [5.41, 5.74) is 2.55. The number of likely N-dealkylation sites (tertiary alicyclic amines) is 1. The van der Waals surface area contributed by atoms with E-state index in [0.29, 0.717) is 30.6 Å². The van der Waals surface area contributed by atoms with Crippen LogP contribution in [-0.4, -0.2) is 53.5 Å². The smallest absolute Gasteiger partial charge is 0.224 e. The summed E-state index contributed by atoms with van der Waals surface area (Å²) in [5.74, 6) is 1.24. The molecule has 1 unspecified atom stereocenters. The zero-order valence-electron chi connectivity index (χ0n) is 19.3. The molecule has 2 N–H and O–H groups in total. The van der Waals surface area contributed by atoms with E-state index in [4.69, 9.17) is 11.6 Å². The summed E-state index contributed by atoms with van der Waals surface area (Å²) in [4.78, 5) is 25.4. The number of imidazole rings is 1. The summed E-state index contributed by atoms with van der Waals surface area (Å²) in [6, 6.07) is 12.6. The number of piperidine rings is 2. The first kappa shape index (κ1) is 23.1. The molecule has 2 aliphatic rings. The second-order valence-corrected chi connectivity index (χ2v) is 10.00. The van der Waals surface area contributed by atoms with Crippen LogP contribution in [0.2, 0.25) is 5.02 Å². The van der Waals surface area contributed by atoms with E-state index in [9.17, 15) is 9.18 Å². The first-order valence-corrected chi connectivity index (χ1v) is 12.6. The Morgan fingerprint density at radius 1 is 1.15 bits per heavy atom. The molecular formula is C26H31ClFN5O. The third-order valence-electron chi connectivity index (χ3n) is 7.15. The van der Waals surface area contributed by atoms with Gasteiger partial charge < -0.3 is 15.2 Å². The normalized spacial score (nSPS) is 20.1. The van der Waals surface area contributed by atoms with Gasteiger partial charge in [-0.25, -0.2) is 9.37 Å². The Labute approximate surface area is 204 Å². The number of aromatic amines is 1. The number of anilines is 1. The fourth-order valence-corrected chi connectivity index (χ4v) is 5.28. The first-order chi connectivity index (χ1) is 16.5. The molecule has 0 aliphatic carbocycles. The molecule has 34 heavy (non-hydrogen) atoms. The van der Waals surface area contributed by atoms with E-state index >= 15 is 0 Å².